The first-order chi connectivity index (χ1) is 12.0. The van der Waals surface area contributed by atoms with Crippen LogP contribution in [0.4, 0.5) is 0 Å². The van der Waals surface area contributed by atoms with Gasteiger partial charge in [0.2, 0.25) is 5.91 Å². The first-order valence-corrected chi connectivity index (χ1v) is 9.04. The van der Waals surface area contributed by atoms with E-state index in [1.807, 2.05) is 23.8 Å². The van der Waals surface area contributed by atoms with Crippen LogP contribution in [0.1, 0.15) is 35.4 Å². The Morgan fingerprint density at radius 3 is 2.44 bits per heavy atom. The van der Waals surface area contributed by atoms with E-state index in [1.54, 1.807) is 12.4 Å². The van der Waals surface area contributed by atoms with Gasteiger partial charge in [0.25, 0.3) is 5.91 Å². The lowest BCUT2D eigenvalue weighted by Gasteiger charge is -2.47. The van der Waals surface area contributed by atoms with Gasteiger partial charge in [-0.25, -0.2) is 4.98 Å². The Balaban J connectivity index is 1.38. The summed E-state index contributed by atoms with van der Waals surface area (Å²) in [5, 5.41) is 0. The van der Waals surface area contributed by atoms with Crippen molar-refractivity contribution in [3.63, 3.8) is 0 Å². The lowest BCUT2D eigenvalue weighted by atomic mass is 9.77. The predicted octanol–water partition coefficient (Wildman–Crippen LogP) is 0.554. The third-order valence-corrected chi connectivity index (χ3v) is 5.79. The fourth-order valence-electron chi connectivity index (χ4n) is 4.50. The van der Waals surface area contributed by atoms with Crippen molar-refractivity contribution < 1.29 is 9.59 Å². The van der Waals surface area contributed by atoms with Crippen LogP contribution in [0, 0.1) is 12.3 Å². The molecule has 1 spiro atoms. The van der Waals surface area contributed by atoms with Crippen molar-refractivity contribution in [1.29, 1.82) is 0 Å². The van der Waals surface area contributed by atoms with Gasteiger partial charge < -0.3 is 9.80 Å². The van der Waals surface area contributed by atoms with Gasteiger partial charge >= 0.3 is 0 Å². The zero-order chi connectivity index (χ0) is 17.6. The van der Waals surface area contributed by atoms with Gasteiger partial charge in [0, 0.05) is 44.3 Å². The van der Waals surface area contributed by atoms with Gasteiger partial charge in [-0.2, -0.15) is 0 Å². The maximum absolute atomic E-state index is 12.7. The molecule has 25 heavy (non-hydrogen) atoms. The lowest BCUT2D eigenvalue weighted by molar-refractivity contribution is -0.134. The molecule has 0 bridgehead atoms. The Bertz CT molecular complexity index is 677. The summed E-state index contributed by atoms with van der Waals surface area (Å²) in [6.07, 6.45) is 6.25. The summed E-state index contributed by atoms with van der Waals surface area (Å²) < 4.78 is 0. The molecule has 3 aliphatic heterocycles. The van der Waals surface area contributed by atoms with Crippen LogP contribution >= 0.6 is 0 Å². The Morgan fingerprint density at radius 2 is 1.80 bits per heavy atom. The van der Waals surface area contributed by atoms with E-state index in [-0.39, 0.29) is 23.3 Å². The molecule has 0 saturated carbocycles. The molecule has 7 nitrogen and oxygen atoms in total. The highest BCUT2D eigenvalue weighted by Crippen LogP contribution is 2.43. The first kappa shape index (κ1) is 16.4. The maximum atomic E-state index is 12.7. The molecule has 7 heteroatoms. The molecule has 1 atom stereocenters. The molecule has 3 saturated heterocycles. The smallest absolute Gasteiger partial charge is 0.274 e. The number of likely N-dealkylation sites (N-methyl/N-ethyl adjacent to an activating group) is 1. The molecule has 0 aromatic carbocycles. The quantitative estimate of drug-likeness (QED) is 0.784. The monoisotopic (exact) mass is 343 g/mol. The standard InChI is InChI=1S/C18H25N5O2/c1-13-8-20-14(9-19-13)16(24)23-11-18(12-23)7-15(21(2)10-18)17(25)22-5-3-4-6-22/h8-9,15H,3-7,10-12H2,1-2H3. The van der Waals surface area contributed by atoms with Crippen molar-refractivity contribution in [2.24, 2.45) is 5.41 Å². The molecule has 4 rings (SSSR count). The van der Waals surface area contributed by atoms with Crippen molar-refractivity contribution in [3.05, 3.63) is 23.8 Å². The van der Waals surface area contributed by atoms with E-state index in [9.17, 15) is 9.59 Å². The van der Waals surface area contributed by atoms with Gasteiger partial charge in [-0.15, -0.1) is 0 Å². The second-order valence-corrected chi connectivity index (χ2v) is 7.87. The second kappa shape index (κ2) is 6.05. The molecule has 1 unspecified atom stereocenters. The fourth-order valence-corrected chi connectivity index (χ4v) is 4.50. The Morgan fingerprint density at radius 1 is 1.08 bits per heavy atom. The minimum Gasteiger partial charge on any atom is -0.341 e. The lowest BCUT2D eigenvalue weighted by Crippen LogP contribution is -2.59. The molecule has 0 N–H and O–H groups in total. The molecule has 1 aromatic rings. The van der Waals surface area contributed by atoms with Gasteiger partial charge in [-0.05, 0) is 33.2 Å². The van der Waals surface area contributed by atoms with Crippen LogP contribution in [0.5, 0.6) is 0 Å². The average Bonchev–Trinajstić information content (AvgIpc) is 3.21. The van der Waals surface area contributed by atoms with E-state index >= 15 is 0 Å². The number of nitrogens with zero attached hydrogens (tertiary/aromatic N) is 5. The van der Waals surface area contributed by atoms with E-state index < -0.39 is 0 Å². The Kier molecular flexibility index (Phi) is 3.98. The molecule has 4 heterocycles. The van der Waals surface area contributed by atoms with Crippen LogP contribution in [0.3, 0.4) is 0 Å². The van der Waals surface area contributed by atoms with Crippen molar-refractivity contribution in [2.75, 3.05) is 39.8 Å². The number of likely N-dealkylation sites (tertiary alicyclic amines) is 3. The van der Waals surface area contributed by atoms with Crippen molar-refractivity contribution >= 4 is 11.8 Å². The second-order valence-electron chi connectivity index (χ2n) is 7.87. The first-order valence-electron chi connectivity index (χ1n) is 9.04. The number of amides is 2. The molecular weight excluding hydrogens is 318 g/mol. The summed E-state index contributed by atoms with van der Waals surface area (Å²) in [5.41, 5.74) is 1.26. The summed E-state index contributed by atoms with van der Waals surface area (Å²) in [7, 11) is 2.03. The van der Waals surface area contributed by atoms with Crippen molar-refractivity contribution in [3.8, 4) is 0 Å². The highest BCUT2D eigenvalue weighted by Gasteiger charge is 2.54. The minimum absolute atomic E-state index is 0.0329. The van der Waals surface area contributed by atoms with Crippen LogP contribution < -0.4 is 0 Å². The van der Waals surface area contributed by atoms with Crippen LogP contribution in [0.2, 0.25) is 0 Å². The topological polar surface area (TPSA) is 69.6 Å². The number of carbonyl (C=O) groups excluding carboxylic acids is 2. The van der Waals surface area contributed by atoms with Crippen molar-refractivity contribution in [1.82, 2.24) is 24.7 Å². The molecular formula is C18H25N5O2. The number of aromatic nitrogens is 2. The highest BCUT2D eigenvalue weighted by atomic mass is 16.2. The fraction of sp³-hybridized carbons (Fsp3) is 0.667. The summed E-state index contributed by atoms with van der Waals surface area (Å²) in [6, 6.07) is -0.0329. The number of aryl methyl sites for hydroxylation is 1. The molecule has 2 amide bonds. The number of hydrogen-bond acceptors (Lipinski definition) is 5. The Labute approximate surface area is 148 Å². The summed E-state index contributed by atoms with van der Waals surface area (Å²) in [5.74, 6) is 0.209. The molecule has 0 aliphatic carbocycles. The van der Waals surface area contributed by atoms with E-state index in [1.165, 1.54) is 0 Å². The van der Waals surface area contributed by atoms with E-state index in [0.717, 1.165) is 44.6 Å². The summed E-state index contributed by atoms with van der Waals surface area (Å²) in [4.78, 5) is 39.6. The van der Waals surface area contributed by atoms with Crippen LogP contribution in [-0.4, -0.2) is 82.3 Å². The minimum atomic E-state index is -0.0601. The zero-order valence-electron chi connectivity index (χ0n) is 14.9. The maximum Gasteiger partial charge on any atom is 0.274 e. The average molecular weight is 343 g/mol. The normalized spacial score (nSPS) is 25.4. The molecule has 134 valence electrons. The predicted molar refractivity (Wildman–Crippen MR) is 92.0 cm³/mol. The van der Waals surface area contributed by atoms with Gasteiger partial charge in [0.05, 0.1) is 17.9 Å². The Hall–Kier alpha value is -2.02. The van der Waals surface area contributed by atoms with Crippen LogP contribution in [0.15, 0.2) is 12.4 Å². The van der Waals surface area contributed by atoms with Gasteiger partial charge in [0.15, 0.2) is 0 Å². The SMILES string of the molecule is Cc1cnc(C(=O)N2CC3(CC(C(=O)N4CCCC4)N(C)C3)C2)cn1. The largest absolute Gasteiger partial charge is 0.341 e. The highest BCUT2D eigenvalue weighted by molar-refractivity contribution is 5.92. The van der Waals surface area contributed by atoms with Crippen LogP contribution in [0.25, 0.3) is 0 Å². The summed E-state index contributed by atoms with van der Waals surface area (Å²) >= 11 is 0. The number of carbonyl (C=O) groups is 2. The van der Waals surface area contributed by atoms with E-state index in [4.69, 9.17) is 0 Å². The molecule has 1 aromatic heterocycles. The zero-order valence-corrected chi connectivity index (χ0v) is 14.9. The van der Waals surface area contributed by atoms with Gasteiger partial charge in [0.1, 0.15) is 5.69 Å². The van der Waals surface area contributed by atoms with Gasteiger partial charge in [-0.3, -0.25) is 19.5 Å². The van der Waals surface area contributed by atoms with Gasteiger partial charge in [-0.1, -0.05) is 0 Å². The van der Waals surface area contributed by atoms with E-state index in [0.29, 0.717) is 18.8 Å². The van der Waals surface area contributed by atoms with Crippen LogP contribution in [-0.2, 0) is 4.79 Å². The molecule has 0 radical (unpaired) electrons. The van der Waals surface area contributed by atoms with E-state index in [2.05, 4.69) is 14.9 Å². The summed E-state index contributed by atoms with van der Waals surface area (Å²) in [6.45, 7) is 5.93. The van der Waals surface area contributed by atoms with Crippen molar-refractivity contribution in [2.45, 2.75) is 32.2 Å². The number of hydrogen-bond donors (Lipinski definition) is 0. The molecule has 3 aliphatic rings. The number of rotatable bonds is 2. The third-order valence-electron chi connectivity index (χ3n) is 5.79. The third kappa shape index (κ3) is 2.90. The molecule has 3 fully saturated rings.